The minimum Gasteiger partial charge on any atom is -0.481 e. The summed E-state index contributed by atoms with van der Waals surface area (Å²) in [6.07, 6.45) is 10.4. The maximum Gasteiger partial charge on any atom is 0.331 e. The van der Waals surface area contributed by atoms with E-state index in [4.69, 9.17) is 33.6 Å². The molecule has 3 atom stereocenters. The first-order chi connectivity index (χ1) is 17.8. The molecule has 2 aliphatic rings. The van der Waals surface area contributed by atoms with Crippen LogP contribution in [-0.2, 0) is 28.8 Å². The Morgan fingerprint density at radius 1 is 0.784 bits per heavy atom. The van der Waals surface area contributed by atoms with E-state index in [-0.39, 0.29) is 7.43 Å². The van der Waals surface area contributed by atoms with Crippen molar-refractivity contribution in [3.8, 4) is 0 Å². The van der Waals surface area contributed by atoms with E-state index in [0.717, 1.165) is 24.3 Å². The van der Waals surface area contributed by atoms with Gasteiger partial charge in [-0.05, 0) is 32.1 Å². The van der Waals surface area contributed by atoms with Crippen molar-refractivity contribution in [3.05, 3.63) is 61.3 Å². The van der Waals surface area contributed by atoms with Crippen molar-refractivity contribution in [2.75, 3.05) is 0 Å². The lowest BCUT2D eigenvalue weighted by molar-refractivity contribution is -0.143. The van der Waals surface area contributed by atoms with E-state index >= 15 is 0 Å². The Balaban J connectivity index is -0.000000219. The van der Waals surface area contributed by atoms with Gasteiger partial charge in [0.1, 0.15) is 0 Å². The Morgan fingerprint density at radius 2 is 1.19 bits per heavy atom. The molecule has 208 valence electrons. The first-order valence-corrected chi connectivity index (χ1v) is 10.4. The highest BCUT2D eigenvalue weighted by Gasteiger charge is 2.24. The normalized spacial score (nSPS) is 19.9. The van der Waals surface area contributed by atoms with Gasteiger partial charge < -0.3 is 30.6 Å². The summed E-state index contributed by atoms with van der Waals surface area (Å²) in [5, 5.41) is 50.3. The topological polar surface area (TPSA) is 224 Å². The number of carboxylic acids is 6. The summed E-state index contributed by atoms with van der Waals surface area (Å²) in [4.78, 5) is 61.3. The summed E-state index contributed by atoms with van der Waals surface area (Å²) in [5.41, 5.74) is 0.340. The van der Waals surface area contributed by atoms with E-state index in [1.54, 1.807) is 0 Å². The third kappa shape index (κ3) is 18.5. The van der Waals surface area contributed by atoms with E-state index in [1.165, 1.54) is 18.2 Å². The van der Waals surface area contributed by atoms with Crippen molar-refractivity contribution in [2.45, 2.75) is 39.5 Å². The summed E-state index contributed by atoms with van der Waals surface area (Å²) in [6.45, 7) is 6.00. The summed E-state index contributed by atoms with van der Waals surface area (Å²) in [5.74, 6) is -7.13. The van der Waals surface area contributed by atoms with Crippen molar-refractivity contribution >= 4 is 35.8 Å². The standard InChI is InChI=1S/2C8H10O4.C6H6O4.C2H4.CH4.H2/c2*9-7(10)5-1-2-6(4-3-5)8(11)12;7-5(8)3-1-2-4-6(9)10;1-2;;/h1,6H,2-4H2,(H,9,10)(H,11,12);1-2,5-6H,3-4H2,(H,9,10)(H,11,12);1-4H,(H,7,8)(H,9,10);1-2H2;1H4;1H/b;;3-1+,4-2+;;;/i;;;;;1+2D. The first-order valence-electron chi connectivity index (χ1n) is 11.4. The van der Waals surface area contributed by atoms with Crippen molar-refractivity contribution in [1.29, 1.82) is 0 Å². The highest BCUT2D eigenvalue weighted by Crippen LogP contribution is 2.23. The SMILES string of the molecule is C.C=C.O=C(O)/C=C/C=C/C(=O)O.O=C(O)C1=CCC(C(=O)O)CC1.O=C(O)C1C=CC(C(=O)O)CC1.[2H][3H]. The van der Waals surface area contributed by atoms with Crippen LogP contribution in [0.15, 0.2) is 61.3 Å². The second-order valence-corrected chi connectivity index (χ2v) is 7.09. The Bertz CT molecular complexity index is 876. The van der Waals surface area contributed by atoms with Gasteiger partial charge in [0.15, 0.2) is 0 Å². The molecule has 0 heterocycles. The van der Waals surface area contributed by atoms with E-state index in [9.17, 15) is 28.8 Å². The van der Waals surface area contributed by atoms with Crippen molar-refractivity contribution in [3.63, 3.8) is 0 Å². The number of rotatable bonds is 7. The molecule has 6 N–H and O–H groups in total. The zero-order valence-electron chi connectivity index (χ0n) is 21.4. The van der Waals surface area contributed by atoms with Gasteiger partial charge in [-0.1, -0.05) is 37.8 Å². The fraction of sp³-hybridized carbons (Fsp3) is 0.360. The number of allylic oxidation sites excluding steroid dienone is 3. The Kier molecular flexibility index (Phi) is 19.6. The summed E-state index contributed by atoms with van der Waals surface area (Å²) < 4.78 is 10.0. The molecule has 12 nitrogen and oxygen atoms in total. The van der Waals surface area contributed by atoms with E-state index < -0.39 is 53.6 Å². The predicted molar refractivity (Wildman–Crippen MR) is 135 cm³/mol. The average molecular weight is 532 g/mol. The molecule has 0 aliphatic heterocycles. The van der Waals surface area contributed by atoms with Crippen LogP contribution in [0.4, 0.5) is 0 Å². The lowest BCUT2D eigenvalue weighted by Gasteiger charge is -2.16. The van der Waals surface area contributed by atoms with Crippen LogP contribution >= 0.6 is 0 Å². The molecular weight excluding hydrogens is 492 g/mol. The van der Waals surface area contributed by atoms with Gasteiger partial charge in [-0.2, -0.15) is 0 Å². The Labute approximate surface area is 217 Å². The van der Waals surface area contributed by atoms with Gasteiger partial charge in [0.05, 0.1) is 17.8 Å². The van der Waals surface area contributed by atoms with Gasteiger partial charge in [0.25, 0.3) is 0 Å². The highest BCUT2D eigenvalue weighted by atomic mass is 16.4. The molecule has 12 heteroatoms. The van der Waals surface area contributed by atoms with Crippen LogP contribution in [-0.4, -0.2) is 66.5 Å². The smallest absolute Gasteiger partial charge is 0.331 e. The summed E-state index contributed by atoms with van der Waals surface area (Å²) >= 11 is 0. The lowest BCUT2D eigenvalue weighted by Crippen LogP contribution is -2.20. The van der Waals surface area contributed by atoms with Gasteiger partial charge in [-0.15, -0.1) is 13.2 Å². The van der Waals surface area contributed by atoms with Crippen LogP contribution < -0.4 is 0 Å². The fourth-order valence-electron chi connectivity index (χ4n) is 2.76. The molecule has 2 aliphatic carbocycles. The molecule has 0 aromatic carbocycles. The van der Waals surface area contributed by atoms with E-state index in [2.05, 4.69) is 13.2 Å². The second kappa shape index (κ2) is 20.9. The Hall–Kier alpha value is -4.48. The minimum absolute atomic E-state index is 0. The molecule has 0 radical (unpaired) electrons. The molecule has 0 aromatic heterocycles. The maximum atomic E-state index is 10.5. The number of aliphatic carboxylic acids is 6. The van der Waals surface area contributed by atoms with Crippen molar-refractivity contribution in [2.24, 2.45) is 17.8 Å². The zero-order valence-corrected chi connectivity index (χ0v) is 19.4. The fourth-order valence-corrected chi connectivity index (χ4v) is 2.76. The summed E-state index contributed by atoms with van der Waals surface area (Å²) in [6, 6.07) is 0. The van der Waals surface area contributed by atoms with Crippen LogP contribution in [0.3, 0.4) is 0 Å². The minimum atomic E-state index is -1.10. The van der Waals surface area contributed by atoms with E-state index in [1.807, 2.05) is 0 Å². The molecule has 0 bridgehead atoms. The number of carbonyl (C=O) groups is 6. The van der Waals surface area contributed by atoms with Crippen LogP contribution in [0.25, 0.3) is 0 Å². The zero-order chi connectivity index (χ0) is 30.3. The van der Waals surface area contributed by atoms with Gasteiger partial charge in [0.2, 0.25) is 0 Å². The predicted octanol–water partition coefficient (Wildman–Crippen LogP) is 3.57. The van der Waals surface area contributed by atoms with Crippen LogP contribution in [0.2, 0.25) is 0 Å². The molecular formula is C25H36O12. The molecule has 0 fully saturated rings. The average Bonchev–Trinajstić information content (AvgIpc) is 2.89. The van der Waals surface area contributed by atoms with Crippen LogP contribution in [0.5, 0.6) is 0 Å². The first kappa shape index (κ1) is 34.7. The largest absolute Gasteiger partial charge is 0.481 e. The Morgan fingerprint density at radius 3 is 1.41 bits per heavy atom. The van der Waals surface area contributed by atoms with Crippen molar-refractivity contribution < 1.29 is 62.4 Å². The molecule has 0 aromatic rings. The maximum absolute atomic E-state index is 10.5. The molecule has 37 heavy (non-hydrogen) atoms. The lowest BCUT2D eigenvalue weighted by atomic mass is 9.89. The van der Waals surface area contributed by atoms with Gasteiger partial charge in [-0.3, -0.25) is 14.4 Å². The van der Waals surface area contributed by atoms with Gasteiger partial charge >= 0.3 is 35.8 Å². The molecule has 2 rings (SSSR count). The van der Waals surface area contributed by atoms with Crippen molar-refractivity contribution in [1.82, 2.24) is 0 Å². The third-order valence-corrected chi connectivity index (χ3v) is 4.62. The third-order valence-electron chi connectivity index (χ3n) is 4.62. The number of hydrogen-bond acceptors (Lipinski definition) is 6. The van der Waals surface area contributed by atoms with Gasteiger partial charge in [-0.25, -0.2) is 14.4 Å². The molecule has 0 amide bonds. The monoisotopic (exact) mass is 531 g/mol. The molecule has 0 spiro atoms. The highest BCUT2D eigenvalue weighted by molar-refractivity contribution is 5.87. The molecule has 3 unspecified atom stereocenters. The molecule has 0 saturated carbocycles. The second-order valence-electron chi connectivity index (χ2n) is 7.09. The van der Waals surface area contributed by atoms with Gasteiger partial charge in [0, 0.05) is 20.7 Å². The molecule has 0 saturated heterocycles. The van der Waals surface area contributed by atoms with Crippen LogP contribution in [0, 0.1) is 17.8 Å². The van der Waals surface area contributed by atoms with Crippen LogP contribution in [0.1, 0.15) is 42.5 Å². The number of hydrogen-bond donors (Lipinski definition) is 6. The summed E-state index contributed by atoms with van der Waals surface area (Å²) in [7, 11) is 0. The van der Waals surface area contributed by atoms with E-state index in [0.29, 0.717) is 37.7 Å². The number of carboxylic acid groups (broad SMARTS) is 6. The quantitative estimate of drug-likeness (QED) is 0.157.